The van der Waals surface area contributed by atoms with Gasteiger partial charge in [-0.15, -0.1) is 0 Å². The van der Waals surface area contributed by atoms with E-state index in [1.807, 2.05) is 0 Å². The van der Waals surface area contributed by atoms with Crippen molar-refractivity contribution in [2.45, 2.75) is 52.4 Å². The van der Waals surface area contributed by atoms with Crippen molar-refractivity contribution in [2.24, 2.45) is 0 Å². The van der Waals surface area contributed by atoms with Crippen molar-refractivity contribution in [2.75, 3.05) is 0 Å². The zero-order valence-corrected chi connectivity index (χ0v) is 25.8. The van der Waals surface area contributed by atoms with Crippen molar-refractivity contribution in [3.63, 3.8) is 0 Å². The molecule has 6 rings (SSSR count). The number of carbonyl (C=O) groups is 1. The largest absolute Gasteiger partial charge is 0.289 e. The SMILES string of the molecule is CC(C)(C)c1ccc(C2=C3C(=C(c4ccc(C(C)(C)C)cc4)C2=O)c2ccc(Br)c4c(Br)ccc3c24)cc1. The van der Waals surface area contributed by atoms with Crippen LogP contribution in [-0.2, 0) is 15.6 Å². The van der Waals surface area contributed by atoms with Gasteiger partial charge in [0, 0.05) is 36.6 Å². The van der Waals surface area contributed by atoms with Gasteiger partial charge in [0.25, 0.3) is 0 Å². The molecule has 4 aromatic rings. The lowest BCUT2D eigenvalue weighted by Gasteiger charge is -2.20. The molecule has 38 heavy (non-hydrogen) atoms. The maximum atomic E-state index is 14.4. The number of ketones is 1. The first-order chi connectivity index (χ1) is 17.9. The standard InChI is InChI=1S/C35H30Br2O/c1-34(2,3)21-11-7-19(8-12-21)27-30-23-15-17-25(36)32-26(37)18-16-24(29(23)32)31(30)28(33(27)38)20-9-13-22(14-10-20)35(4,5)6/h7-18H,1-6H3. The van der Waals surface area contributed by atoms with Gasteiger partial charge in [0.2, 0.25) is 0 Å². The van der Waals surface area contributed by atoms with Crippen molar-refractivity contribution < 1.29 is 4.79 Å². The molecule has 0 radical (unpaired) electrons. The summed E-state index contributed by atoms with van der Waals surface area (Å²) in [6.07, 6.45) is 0. The topological polar surface area (TPSA) is 17.1 Å². The Labute approximate surface area is 241 Å². The molecule has 0 atom stereocenters. The third-order valence-corrected chi connectivity index (χ3v) is 9.20. The molecule has 2 aliphatic carbocycles. The first-order valence-corrected chi connectivity index (χ1v) is 14.6. The Balaban J connectivity index is 1.64. The fourth-order valence-corrected chi connectivity index (χ4v) is 7.15. The van der Waals surface area contributed by atoms with Gasteiger partial charge in [-0.1, -0.05) is 134 Å². The molecule has 0 unspecified atom stereocenters. The molecule has 0 bridgehead atoms. The minimum absolute atomic E-state index is 0.0487. The van der Waals surface area contributed by atoms with Gasteiger partial charge in [-0.3, -0.25) is 4.79 Å². The average molecular weight is 626 g/mol. The summed E-state index contributed by atoms with van der Waals surface area (Å²) in [5, 5.41) is 2.34. The Morgan fingerprint density at radius 3 is 1.18 bits per heavy atom. The number of halogens is 2. The van der Waals surface area contributed by atoms with E-state index in [0.29, 0.717) is 0 Å². The lowest BCUT2D eigenvalue weighted by molar-refractivity contribution is -0.108. The van der Waals surface area contributed by atoms with Crippen molar-refractivity contribution >= 4 is 70.7 Å². The molecular weight excluding hydrogens is 596 g/mol. The van der Waals surface area contributed by atoms with Crippen molar-refractivity contribution in [3.05, 3.63) is 115 Å². The molecule has 1 nitrogen and oxygen atoms in total. The number of hydrogen-bond acceptors (Lipinski definition) is 1. The molecule has 0 aliphatic heterocycles. The lowest BCUT2D eigenvalue weighted by Crippen LogP contribution is -2.11. The molecule has 0 saturated heterocycles. The predicted octanol–water partition coefficient (Wildman–Crippen LogP) is 10.4. The van der Waals surface area contributed by atoms with Gasteiger partial charge in [0.15, 0.2) is 5.78 Å². The third kappa shape index (κ3) is 3.81. The second kappa shape index (κ2) is 8.63. The van der Waals surface area contributed by atoms with E-state index in [1.165, 1.54) is 16.5 Å². The van der Waals surface area contributed by atoms with Gasteiger partial charge in [-0.25, -0.2) is 0 Å². The summed E-state index contributed by atoms with van der Waals surface area (Å²) in [6, 6.07) is 25.7. The molecule has 3 heteroatoms. The fourth-order valence-electron chi connectivity index (χ4n) is 5.80. The molecule has 2 aliphatic rings. The van der Waals surface area contributed by atoms with E-state index in [1.54, 1.807) is 0 Å². The van der Waals surface area contributed by atoms with Crippen LogP contribution in [0, 0.1) is 0 Å². The molecule has 0 saturated carbocycles. The Morgan fingerprint density at radius 1 is 0.474 bits per heavy atom. The first-order valence-electron chi connectivity index (χ1n) is 13.0. The molecule has 0 aromatic heterocycles. The summed E-state index contributed by atoms with van der Waals surface area (Å²) in [6.45, 7) is 13.3. The van der Waals surface area contributed by atoms with Gasteiger partial charge >= 0.3 is 0 Å². The summed E-state index contributed by atoms with van der Waals surface area (Å²) in [5.41, 5.74) is 10.5. The smallest absolute Gasteiger partial charge is 0.195 e. The number of fused-ring (bicyclic) bond motifs is 3. The van der Waals surface area contributed by atoms with Crippen LogP contribution >= 0.6 is 31.9 Å². The summed E-state index contributed by atoms with van der Waals surface area (Å²) in [4.78, 5) is 14.4. The van der Waals surface area contributed by atoms with Crippen molar-refractivity contribution in [1.82, 2.24) is 0 Å². The fraction of sp³-hybridized carbons (Fsp3) is 0.229. The zero-order valence-electron chi connectivity index (χ0n) is 22.6. The van der Waals surface area contributed by atoms with Crippen molar-refractivity contribution in [1.29, 1.82) is 0 Å². The molecular formula is C35H30Br2O. The van der Waals surface area contributed by atoms with E-state index in [4.69, 9.17) is 0 Å². The summed E-state index contributed by atoms with van der Waals surface area (Å²) < 4.78 is 2.09. The van der Waals surface area contributed by atoms with E-state index in [0.717, 1.165) is 58.9 Å². The van der Waals surface area contributed by atoms with Crippen LogP contribution in [0.5, 0.6) is 0 Å². The number of benzene rings is 4. The van der Waals surface area contributed by atoms with Gasteiger partial charge in [0.05, 0.1) is 0 Å². The minimum Gasteiger partial charge on any atom is -0.289 e. The van der Waals surface area contributed by atoms with Crippen LogP contribution in [-0.4, -0.2) is 5.78 Å². The molecule has 0 heterocycles. The molecule has 0 N–H and O–H groups in total. The second-order valence-corrected chi connectivity index (χ2v) is 14.1. The Bertz CT molecular complexity index is 1590. The summed E-state index contributed by atoms with van der Waals surface area (Å²) in [5.74, 6) is 0.103. The summed E-state index contributed by atoms with van der Waals surface area (Å²) >= 11 is 7.56. The average Bonchev–Trinajstić information content (AvgIpc) is 3.32. The predicted molar refractivity (Wildman–Crippen MR) is 168 cm³/mol. The van der Waals surface area contributed by atoms with Crippen LogP contribution in [0.2, 0.25) is 0 Å². The highest BCUT2D eigenvalue weighted by atomic mass is 79.9. The highest BCUT2D eigenvalue weighted by Gasteiger charge is 2.40. The molecule has 0 spiro atoms. The van der Waals surface area contributed by atoms with Crippen LogP contribution in [0.25, 0.3) is 33.1 Å². The lowest BCUT2D eigenvalue weighted by atomic mass is 9.85. The van der Waals surface area contributed by atoms with Crippen LogP contribution in [0.3, 0.4) is 0 Å². The third-order valence-electron chi connectivity index (χ3n) is 7.88. The van der Waals surface area contributed by atoms with Crippen LogP contribution in [0.4, 0.5) is 0 Å². The number of Topliss-reactive ketones (excluding diaryl/α,β-unsaturated/α-hetero) is 1. The summed E-state index contributed by atoms with van der Waals surface area (Å²) in [7, 11) is 0. The number of allylic oxidation sites excluding steroid dienone is 4. The molecule has 0 fully saturated rings. The Hall–Kier alpha value is -2.75. The van der Waals surface area contributed by atoms with E-state index >= 15 is 0 Å². The van der Waals surface area contributed by atoms with Gasteiger partial charge in [-0.05, 0) is 61.7 Å². The number of hydrogen-bond donors (Lipinski definition) is 0. The van der Waals surface area contributed by atoms with E-state index in [2.05, 4.69) is 146 Å². The van der Waals surface area contributed by atoms with Crippen LogP contribution in [0.15, 0.2) is 81.7 Å². The highest BCUT2D eigenvalue weighted by molar-refractivity contribution is 9.11. The molecule has 4 aromatic carbocycles. The van der Waals surface area contributed by atoms with Crippen LogP contribution in [0.1, 0.15) is 74.9 Å². The number of carbonyl (C=O) groups excluding carboxylic acids is 1. The Kier molecular flexibility index (Phi) is 5.79. The Morgan fingerprint density at radius 2 is 0.842 bits per heavy atom. The van der Waals surface area contributed by atoms with Gasteiger partial charge in [-0.2, -0.15) is 0 Å². The van der Waals surface area contributed by atoms with Gasteiger partial charge < -0.3 is 0 Å². The number of rotatable bonds is 2. The van der Waals surface area contributed by atoms with Crippen LogP contribution < -0.4 is 0 Å². The maximum Gasteiger partial charge on any atom is 0.195 e. The van der Waals surface area contributed by atoms with Crippen molar-refractivity contribution in [3.8, 4) is 0 Å². The monoisotopic (exact) mass is 624 g/mol. The normalized spacial score (nSPS) is 15.2. The molecule has 0 amide bonds. The highest BCUT2D eigenvalue weighted by Crippen LogP contribution is 2.58. The zero-order chi connectivity index (χ0) is 27.1. The maximum absolute atomic E-state index is 14.4. The second-order valence-electron chi connectivity index (χ2n) is 12.4. The van der Waals surface area contributed by atoms with E-state index in [-0.39, 0.29) is 16.6 Å². The minimum atomic E-state index is 0.0487. The van der Waals surface area contributed by atoms with E-state index < -0.39 is 0 Å². The quantitative estimate of drug-likeness (QED) is 0.216. The van der Waals surface area contributed by atoms with Gasteiger partial charge in [0.1, 0.15) is 0 Å². The first kappa shape index (κ1) is 25.5. The molecule has 190 valence electrons. The van der Waals surface area contributed by atoms with E-state index in [9.17, 15) is 4.79 Å².